The molecule has 0 atom stereocenters. The highest BCUT2D eigenvalue weighted by molar-refractivity contribution is 6.09. The molecule has 1 heterocycles. The lowest BCUT2D eigenvalue weighted by molar-refractivity contribution is 0.0527. The van der Waals surface area contributed by atoms with E-state index in [1.165, 1.54) is 19.2 Å². The number of ether oxygens (including phenoxy) is 2. The average molecular weight is 263 g/mol. The largest absolute Gasteiger partial charge is 0.465 e. The Balaban J connectivity index is 2.59. The molecular weight excluding hydrogens is 250 g/mol. The molecule has 0 aliphatic heterocycles. The number of anilines is 1. The summed E-state index contributed by atoms with van der Waals surface area (Å²) in [4.78, 5) is 23.3. The van der Waals surface area contributed by atoms with Gasteiger partial charge in [-0.25, -0.2) is 9.59 Å². The predicted octanol–water partition coefficient (Wildman–Crippen LogP) is 1.98. The van der Waals surface area contributed by atoms with E-state index in [0.717, 1.165) is 0 Å². The van der Waals surface area contributed by atoms with Crippen molar-refractivity contribution in [2.45, 2.75) is 6.92 Å². The molecule has 2 rings (SSSR count). The van der Waals surface area contributed by atoms with Gasteiger partial charge in [0.1, 0.15) is 11.1 Å². The fourth-order valence-corrected chi connectivity index (χ4v) is 1.78. The van der Waals surface area contributed by atoms with Crippen LogP contribution in [-0.4, -0.2) is 25.7 Å². The van der Waals surface area contributed by atoms with Gasteiger partial charge in [0.2, 0.25) is 5.88 Å². The van der Waals surface area contributed by atoms with Crippen LogP contribution in [0, 0.1) is 0 Å². The highest BCUT2D eigenvalue weighted by atomic mass is 16.5. The topological polar surface area (TPSA) is 91.8 Å². The number of methoxy groups -OCH3 is 1. The zero-order valence-corrected chi connectivity index (χ0v) is 10.6. The first-order chi connectivity index (χ1) is 9.08. The molecule has 6 nitrogen and oxygen atoms in total. The van der Waals surface area contributed by atoms with Crippen molar-refractivity contribution in [3.63, 3.8) is 0 Å². The number of esters is 2. The lowest BCUT2D eigenvalue weighted by Crippen LogP contribution is -2.07. The minimum atomic E-state index is -0.583. The van der Waals surface area contributed by atoms with E-state index in [1.807, 2.05) is 0 Å². The van der Waals surface area contributed by atoms with E-state index in [-0.39, 0.29) is 18.1 Å². The van der Waals surface area contributed by atoms with Crippen LogP contribution in [0.3, 0.4) is 0 Å². The van der Waals surface area contributed by atoms with E-state index in [9.17, 15) is 9.59 Å². The molecule has 2 aromatic rings. The van der Waals surface area contributed by atoms with Gasteiger partial charge in [-0.2, -0.15) is 0 Å². The van der Waals surface area contributed by atoms with Crippen LogP contribution >= 0.6 is 0 Å². The Labute approximate surface area is 109 Å². The number of furan rings is 1. The van der Waals surface area contributed by atoms with Crippen molar-refractivity contribution in [3.8, 4) is 0 Å². The summed E-state index contributed by atoms with van der Waals surface area (Å²) in [7, 11) is 1.28. The van der Waals surface area contributed by atoms with Crippen molar-refractivity contribution in [1.29, 1.82) is 0 Å². The van der Waals surface area contributed by atoms with Gasteiger partial charge in [0.05, 0.1) is 19.3 Å². The van der Waals surface area contributed by atoms with Crippen LogP contribution in [0.25, 0.3) is 11.0 Å². The van der Waals surface area contributed by atoms with Crippen molar-refractivity contribution >= 4 is 28.8 Å². The number of fused-ring (bicyclic) bond motifs is 1. The zero-order valence-electron chi connectivity index (χ0n) is 10.6. The number of benzene rings is 1. The van der Waals surface area contributed by atoms with E-state index in [2.05, 4.69) is 4.74 Å². The molecule has 0 saturated heterocycles. The van der Waals surface area contributed by atoms with Crippen LogP contribution in [-0.2, 0) is 9.47 Å². The molecule has 0 amide bonds. The average Bonchev–Trinajstić information content (AvgIpc) is 2.72. The number of carbonyl (C=O) groups excluding carboxylic acids is 2. The van der Waals surface area contributed by atoms with Gasteiger partial charge in [-0.15, -0.1) is 0 Å². The molecule has 0 unspecified atom stereocenters. The Morgan fingerprint density at radius 2 is 2.05 bits per heavy atom. The highest BCUT2D eigenvalue weighted by Gasteiger charge is 2.21. The first-order valence-corrected chi connectivity index (χ1v) is 5.66. The Hall–Kier alpha value is -2.50. The lowest BCUT2D eigenvalue weighted by Gasteiger charge is -2.01. The smallest absolute Gasteiger partial charge is 0.344 e. The maximum Gasteiger partial charge on any atom is 0.344 e. The lowest BCUT2D eigenvalue weighted by atomic mass is 10.1. The van der Waals surface area contributed by atoms with Gasteiger partial charge in [0, 0.05) is 5.39 Å². The molecule has 1 aromatic heterocycles. The van der Waals surface area contributed by atoms with Crippen molar-refractivity contribution in [3.05, 3.63) is 29.3 Å². The molecule has 0 aliphatic rings. The summed E-state index contributed by atoms with van der Waals surface area (Å²) in [6, 6.07) is 4.58. The number of carbonyl (C=O) groups is 2. The summed E-state index contributed by atoms with van der Waals surface area (Å²) >= 11 is 0. The SMILES string of the molecule is CCOC(=O)c1c(N)oc2ccc(C(=O)OC)cc12. The summed E-state index contributed by atoms with van der Waals surface area (Å²) < 4.78 is 14.8. The molecule has 2 N–H and O–H groups in total. The molecule has 0 spiro atoms. The van der Waals surface area contributed by atoms with Gasteiger partial charge < -0.3 is 19.6 Å². The normalized spacial score (nSPS) is 10.4. The van der Waals surface area contributed by atoms with Crippen molar-refractivity contribution in [2.24, 2.45) is 0 Å². The van der Waals surface area contributed by atoms with Gasteiger partial charge in [0.15, 0.2) is 0 Å². The van der Waals surface area contributed by atoms with E-state index in [4.69, 9.17) is 14.9 Å². The van der Waals surface area contributed by atoms with Crippen LogP contribution < -0.4 is 5.73 Å². The molecule has 0 radical (unpaired) electrons. The van der Waals surface area contributed by atoms with Gasteiger partial charge in [-0.1, -0.05) is 0 Å². The highest BCUT2D eigenvalue weighted by Crippen LogP contribution is 2.29. The van der Waals surface area contributed by atoms with Crippen LogP contribution in [0.2, 0.25) is 0 Å². The molecule has 0 fully saturated rings. The predicted molar refractivity (Wildman–Crippen MR) is 67.9 cm³/mol. The monoisotopic (exact) mass is 263 g/mol. The maximum atomic E-state index is 11.8. The number of nitrogens with two attached hydrogens (primary N) is 1. The van der Waals surface area contributed by atoms with E-state index in [0.29, 0.717) is 16.5 Å². The zero-order chi connectivity index (χ0) is 14.0. The van der Waals surface area contributed by atoms with E-state index >= 15 is 0 Å². The van der Waals surface area contributed by atoms with Gasteiger partial charge in [0.25, 0.3) is 0 Å². The Morgan fingerprint density at radius 3 is 2.68 bits per heavy atom. The van der Waals surface area contributed by atoms with Crippen LogP contribution in [0.1, 0.15) is 27.6 Å². The molecule has 19 heavy (non-hydrogen) atoms. The fourth-order valence-electron chi connectivity index (χ4n) is 1.78. The second-order valence-corrected chi connectivity index (χ2v) is 3.76. The van der Waals surface area contributed by atoms with Crippen LogP contribution in [0.4, 0.5) is 5.88 Å². The van der Waals surface area contributed by atoms with Gasteiger partial charge in [-0.05, 0) is 25.1 Å². The number of hydrogen-bond donors (Lipinski definition) is 1. The number of hydrogen-bond acceptors (Lipinski definition) is 6. The molecule has 100 valence electrons. The Kier molecular flexibility index (Phi) is 3.41. The molecular formula is C13H13NO5. The summed E-state index contributed by atoms with van der Waals surface area (Å²) in [6.07, 6.45) is 0. The number of nitrogen functional groups attached to an aromatic ring is 1. The third kappa shape index (κ3) is 2.24. The third-order valence-corrected chi connectivity index (χ3v) is 2.62. The maximum absolute atomic E-state index is 11.8. The van der Waals surface area contributed by atoms with Gasteiger partial charge >= 0.3 is 11.9 Å². The van der Waals surface area contributed by atoms with Crippen LogP contribution in [0.15, 0.2) is 22.6 Å². The first kappa shape index (κ1) is 12.9. The minimum absolute atomic E-state index is 0.0320. The molecule has 0 bridgehead atoms. The summed E-state index contributed by atoms with van der Waals surface area (Å²) in [5, 5.41) is 0.429. The second-order valence-electron chi connectivity index (χ2n) is 3.76. The van der Waals surface area contributed by atoms with Crippen molar-refractivity contribution in [1.82, 2.24) is 0 Å². The molecule has 0 aliphatic carbocycles. The van der Waals surface area contributed by atoms with Crippen LogP contribution in [0.5, 0.6) is 0 Å². The fraction of sp³-hybridized carbons (Fsp3) is 0.231. The standard InChI is InChI=1S/C13H13NO5/c1-3-18-13(16)10-8-6-7(12(15)17-2)4-5-9(8)19-11(10)14/h4-6H,3,14H2,1-2H3. The Morgan fingerprint density at radius 1 is 1.32 bits per heavy atom. The summed E-state index contributed by atoms with van der Waals surface area (Å²) in [5.74, 6) is -1.12. The van der Waals surface area contributed by atoms with Crippen molar-refractivity contribution < 1.29 is 23.5 Å². The first-order valence-electron chi connectivity index (χ1n) is 5.66. The minimum Gasteiger partial charge on any atom is -0.465 e. The molecule has 0 saturated carbocycles. The number of rotatable bonds is 3. The molecule has 6 heteroatoms. The van der Waals surface area contributed by atoms with Crippen molar-refractivity contribution in [2.75, 3.05) is 19.5 Å². The van der Waals surface area contributed by atoms with E-state index in [1.54, 1.807) is 13.0 Å². The summed E-state index contributed by atoms with van der Waals surface area (Å²) in [6.45, 7) is 1.91. The van der Waals surface area contributed by atoms with Gasteiger partial charge in [-0.3, -0.25) is 0 Å². The quantitative estimate of drug-likeness (QED) is 0.851. The third-order valence-electron chi connectivity index (χ3n) is 2.62. The summed E-state index contributed by atoms with van der Waals surface area (Å²) in [5.41, 5.74) is 6.50. The molecule has 1 aromatic carbocycles. The Bertz CT molecular complexity index is 644. The van der Waals surface area contributed by atoms with E-state index < -0.39 is 11.9 Å². The second kappa shape index (κ2) is 5.01.